The van der Waals surface area contributed by atoms with E-state index in [4.69, 9.17) is 0 Å². The second kappa shape index (κ2) is 6.15. The Balaban J connectivity index is 1.38. The highest BCUT2D eigenvalue weighted by molar-refractivity contribution is 5.95. The Hall–Kier alpha value is -1.84. The first kappa shape index (κ1) is 16.6. The molecule has 25 heavy (non-hydrogen) atoms. The van der Waals surface area contributed by atoms with E-state index in [1.807, 2.05) is 0 Å². The molecule has 1 aromatic carbocycles. The Kier molecular flexibility index (Phi) is 4.09. The third kappa shape index (κ3) is 3.19. The standard InChI is InChI=1S/C21H28N2O2/c1-13(24)18-3-5-19(6-4-18)23-20(25)22-14(2)21-10-15-7-16(11-21)9-17(8-15)12-21/h3-6,14-17H,7-12H2,1-2H3,(H2,22,23,25)/t14-,15?,16?,17?,21?/m0/s1. The lowest BCUT2D eigenvalue weighted by molar-refractivity contribution is -0.0679. The topological polar surface area (TPSA) is 58.2 Å². The van der Waals surface area contributed by atoms with Gasteiger partial charge in [0.1, 0.15) is 0 Å². The van der Waals surface area contributed by atoms with E-state index in [0.29, 0.717) is 11.0 Å². The van der Waals surface area contributed by atoms with Crippen molar-refractivity contribution in [3.05, 3.63) is 29.8 Å². The van der Waals surface area contributed by atoms with Gasteiger partial charge in [-0.3, -0.25) is 4.79 Å². The van der Waals surface area contributed by atoms with Gasteiger partial charge in [0.15, 0.2) is 5.78 Å². The van der Waals surface area contributed by atoms with Crippen molar-refractivity contribution in [2.45, 2.75) is 58.4 Å². The fourth-order valence-corrected chi connectivity index (χ4v) is 6.01. The number of Topliss-reactive ketones (excluding diaryl/α,β-unsaturated/α-hetero) is 1. The number of carbonyl (C=O) groups is 2. The number of urea groups is 1. The maximum absolute atomic E-state index is 12.4. The number of amides is 2. The van der Waals surface area contributed by atoms with Crippen molar-refractivity contribution < 1.29 is 9.59 Å². The molecule has 0 heterocycles. The van der Waals surface area contributed by atoms with E-state index in [-0.39, 0.29) is 17.9 Å². The number of nitrogens with one attached hydrogen (secondary N) is 2. The second-order valence-electron chi connectivity index (χ2n) is 8.73. The van der Waals surface area contributed by atoms with Gasteiger partial charge in [-0.15, -0.1) is 0 Å². The molecule has 4 aliphatic carbocycles. The van der Waals surface area contributed by atoms with Crippen LogP contribution in [0.5, 0.6) is 0 Å². The van der Waals surface area contributed by atoms with Crippen LogP contribution in [0.3, 0.4) is 0 Å². The molecule has 134 valence electrons. The molecule has 2 N–H and O–H groups in total. The highest BCUT2D eigenvalue weighted by Gasteiger charge is 2.53. The molecule has 0 aromatic heterocycles. The van der Waals surface area contributed by atoms with Gasteiger partial charge in [0.2, 0.25) is 0 Å². The van der Waals surface area contributed by atoms with Crippen molar-refractivity contribution >= 4 is 17.5 Å². The van der Waals surface area contributed by atoms with Gasteiger partial charge in [-0.1, -0.05) is 0 Å². The van der Waals surface area contributed by atoms with Gasteiger partial charge < -0.3 is 10.6 Å². The van der Waals surface area contributed by atoms with Crippen LogP contribution in [0.25, 0.3) is 0 Å². The van der Waals surface area contributed by atoms with E-state index >= 15 is 0 Å². The van der Waals surface area contributed by atoms with Crippen LogP contribution >= 0.6 is 0 Å². The van der Waals surface area contributed by atoms with Crippen molar-refractivity contribution in [1.29, 1.82) is 0 Å². The zero-order valence-corrected chi connectivity index (χ0v) is 15.2. The van der Waals surface area contributed by atoms with Crippen molar-refractivity contribution in [2.75, 3.05) is 5.32 Å². The van der Waals surface area contributed by atoms with Gasteiger partial charge in [0.05, 0.1) is 0 Å². The van der Waals surface area contributed by atoms with Crippen LogP contribution in [0.2, 0.25) is 0 Å². The molecule has 4 fully saturated rings. The number of hydrogen-bond acceptors (Lipinski definition) is 2. The van der Waals surface area contributed by atoms with Crippen molar-refractivity contribution in [3.8, 4) is 0 Å². The SMILES string of the molecule is CC(=O)c1ccc(NC(=O)N[C@@H](C)C23CC4CC(CC(C4)C2)C3)cc1. The molecular weight excluding hydrogens is 312 g/mol. The summed E-state index contributed by atoms with van der Waals surface area (Å²) < 4.78 is 0. The van der Waals surface area contributed by atoms with Crippen molar-refractivity contribution in [2.24, 2.45) is 23.2 Å². The maximum atomic E-state index is 12.4. The third-order valence-corrected chi connectivity index (χ3v) is 6.90. The van der Waals surface area contributed by atoms with Gasteiger partial charge in [-0.25, -0.2) is 4.79 Å². The average molecular weight is 340 g/mol. The van der Waals surface area contributed by atoms with Crippen molar-refractivity contribution in [1.82, 2.24) is 5.32 Å². The summed E-state index contributed by atoms with van der Waals surface area (Å²) in [5, 5.41) is 6.12. The minimum atomic E-state index is -0.140. The molecule has 4 nitrogen and oxygen atoms in total. The number of benzene rings is 1. The van der Waals surface area contributed by atoms with E-state index in [1.54, 1.807) is 31.2 Å². The molecule has 0 spiro atoms. The van der Waals surface area contributed by atoms with Crippen LogP contribution in [0, 0.1) is 23.2 Å². The van der Waals surface area contributed by atoms with Gasteiger partial charge in [0, 0.05) is 17.3 Å². The van der Waals surface area contributed by atoms with E-state index in [9.17, 15) is 9.59 Å². The Bertz CT molecular complexity index is 644. The highest BCUT2D eigenvalue weighted by atomic mass is 16.2. The molecule has 0 radical (unpaired) electrons. The molecule has 4 aliphatic rings. The quantitative estimate of drug-likeness (QED) is 0.786. The maximum Gasteiger partial charge on any atom is 0.319 e. The molecule has 0 saturated heterocycles. The van der Waals surface area contributed by atoms with Crippen LogP contribution < -0.4 is 10.6 Å². The first-order valence-corrected chi connectivity index (χ1v) is 9.62. The summed E-state index contributed by atoms with van der Waals surface area (Å²) in [6.45, 7) is 3.73. The number of carbonyl (C=O) groups excluding carboxylic acids is 2. The number of anilines is 1. The second-order valence-corrected chi connectivity index (χ2v) is 8.73. The summed E-state index contributed by atoms with van der Waals surface area (Å²) in [6, 6.07) is 7.13. The molecule has 0 aliphatic heterocycles. The monoisotopic (exact) mass is 340 g/mol. The number of rotatable bonds is 4. The van der Waals surface area contributed by atoms with Crippen LogP contribution in [0.1, 0.15) is 62.7 Å². The lowest BCUT2D eigenvalue weighted by Crippen LogP contribution is -2.56. The Morgan fingerprint density at radius 2 is 1.52 bits per heavy atom. The first-order chi connectivity index (χ1) is 11.9. The summed E-state index contributed by atoms with van der Waals surface area (Å²) in [6.07, 6.45) is 8.11. The summed E-state index contributed by atoms with van der Waals surface area (Å²) >= 11 is 0. The van der Waals surface area contributed by atoms with Crippen LogP contribution in [-0.4, -0.2) is 17.9 Å². The van der Waals surface area contributed by atoms with Crippen LogP contribution in [0.4, 0.5) is 10.5 Å². The van der Waals surface area contributed by atoms with E-state index in [1.165, 1.54) is 38.5 Å². The van der Waals surface area contributed by atoms with E-state index in [2.05, 4.69) is 17.6 Å². The summed E-state index contributed by atoms with van der Waals surface area (Å²) in [5.41, 5.74) is 1.69. The normalized spacial score (nSPS) is 33.8. The smallest absolute Gasteiger partial charge is 0.319 e. The Morgan fingerprint density at radius 3 is 2.00 bits per heavy atom. The summed E-state index contributed by atoms with van der Waals surface area (Å²) in [7, 11) is 0. The average Bonchev–Trinajstić information content (AvgIpc) is 2.54. The Morgan fingerprint density at radius 1 is 1.00 bits per heavy atom. The molecule has 1 aromatic rings. The summed E-state index contributed by atoms with van der Waals surface area (Å²) in [5.74, 6) is 2.69. The zero-order chi connectivity index (χ0) is 17.6. The van der Waals surface area contributed by atoms with Gasteiger partial charge in [0.25, 0.3) is 0 Å². The highest BCUT2D eigenvalue weighted by Crippen LogP contribution is 2.61. The largest absolute Gasteiger partial charge is 0.335 e. The van der Waals surface area contributed by atoms with Gasteiger partial charge in [-0.2, -0.15) is 0 Å². The van der Waals surface area contributed by atoms with Gasteiger partial charge >= 0.3 is 6.03 Å². The fraction of sp³-hybridized carbons (Fsp3) is 0.619. The minimum Gasteiger partial charge on any atom is -0.335 e. The molecule has 1 atom stereocenters. The first-order valence-electron chi connectivity index (χ1n) is 9.62. The molecular formula is C21H28N2O2. The van der Waals surface area contributed by atoms with E-state index in [0.717, 1.165) is 23.4 Å². The molecule has 4 bridgehead atoms. The zero-order valence-electron chi connectivity index (χ0n) is 15.2. The molecule has 0 unspecified atom stereocenters. The molecule has 4 heteroatoms. The number of ketones is 1. The predicted octanol–water partition coefficient (Wildman–Crippen LogP) is 4.62. The van der Waals surface area contributed by atoms with Crippen LogP contribution in [0.15, 0.2) is 24.3 Å². The Labute approximate surface area is 149 Å². The third-order valence-electron chi connectivity index (χ3n) is 6.90. The lowest BCUT2D eigenvalue weighted by atomic mass is 9.48. The van der Waals surface area contributed by atoms with Crippen molar-refractivity contribution in [3.63, 3.8) is 0 Å². The minimum absolute atomic E-state index is 0.0337. The van der Waals surface area contributed by atoms with Gasteiger partial charge in [-0.05, 0) is 99.8 Å². The fourth-order valence-electron chi connectivity index (χ4n) is 6.01. The summed E-state index contributed by atoms with van der Waals surface area (Å²) in [4.78, 5) is 23.8. The lowest BCUT2D eigenvalue weighted by Gasteiger charge is -2.59. The molecule has 4 saturated carbocycles. The van der Waals surface area contributed by atoms with Crippen LogP contribution in [-0.2, 0) is 0 Å². The number of hydrogen-bond donors (Lipinski definition) is 2. The van der Waals surface area contributed by atoms with E-state index < -0.39 is 0 Å². The predicted molar refractivity (Wildman–Crippen MR) is 98.7 cm³/mol. The molecule has 5 rings (SSSR count). The molecule has 2 amide bonds.